The van der Waals surface area contributed by atoms with Crippen LogP contribution in [0.5, 0.6) is 0 Å². The summed E-state index contributed by atoms with van der Waals surface area (Å²) in [6.45, 7) is 1.99. The Morgan fingerprint density at radius 1 is 1.22 bits per heavy atom. The molecule has 2 rings (SSSR count). The molecule has 96 valence electrons. The lowest BCUT2D eigenvalue weighted by atomic mass is 10.2. The summed E-state index contributed by atoms with van der Waals surface area (Å²) in [5.41, 5.74) is 1.25. The van der Waals surface area contributed by atoms with Crippen LogP contribution >= 0.6 is 27.3 Å². The summed E-state index contributed by atoms with van der Waals surface area (Å²) in [6, 6.07) is 12.7. The zero-order chi connectivity index (χ0) is 12.8. The SMILES string of the molecule is OCCCNCc1ccc(-c2cccc(Br)c2)s1. The van der Waals surface area contributed by atoms with Crippen molar-refractivity contribution in [2.75, 3.05) is 13.2 Å². The van der Waals surface area contributed by atoms with E-state index in [0.717, 1.165) is 24.0 Å². The van der Waals surface area contributed by atoms with Crippen LogP contribution in [0.2, 0.25) is 0 Å². The van der Waals surface area contributed by atoms with Crippen LogP contribution < -0.4 is 5.32 Å². The first-order chi connectivity index (χ1) is 8.79. The van der Waals surface area contributed by atoms with Crippen LogP contribution in [0.1, 0.15) is 11.3 Å². The van der Waals surface area contributed by atoms with Crippen molar-refractivity contribution in [3.63, 3.8) is 0 Å². The minimum atomic E-state index is 0.251. The summed E-state index contributed by atoms with van der Waals surface area (Å²) in [5, 5.41) is 12.0. The molecule has 0 aliphatic rings. The van der Waals surface area contributed by atoms with Crippen LogP contribution in [0.4, 0.5) is 0 Å². The topological polar surface area (TPSA) is 32.3 Å². The van der Waals surface area contributed by atoms with E-state index in [2.05, 4.69) is 51.6 Å². The maximum Gasteiger partial charge on any atom is 0.0443 e. The Hall–Kier alpha value is -0.680. The smallest absolute Gasteiger partial charge is 0.0443 e. The third-order valence-corrected chi connectivity index (χ3v) is 4.21. The van der Waals surface area contributed by atoms with E-state index in [4.69, 9.17) is 5.11 Å². The number of benzene rings is 1. The molecule has 1 aromatic carbocycles. The van der Waals surface area contributed by atoms with Crippen molar-refractivity contribution in [3.05, 3.63) is 45.7 Å². The molecule has 0 aliphatic carbocycles. The largest absolute Gasteiger partial charge is 0.396 e. The van der Waals surface area contributed by atoms with E-state index in [1.165, 1.54) is 15.3 Å². The fourth-order valence-electron chi connectivity index (χ4n) is 1.69. The van der Waals surface area contributed by atoms with Gasteiger partial charge in [0.15, 0.2) is 0 Å². The maximum absolute atomic E-state index is 8.70. The van der Waals surface area contributed by atoms with Crippen molar-refractivity contribution in [2.45, 2.75) is 13.0 Å². The van der Waals surface area contributed by atoms with Crippen LogP contribution in [0.25, 0.3) is 10.4 Å². The van der Waals surface area contributed by atoms with Crippen LogP contribution in [0.15, 0.2) is 40.9 Å². The second-order valence-corrected chi connectivity index (χ2v) is 6.11. The first-order valence-electron chi connectivity index (χ1n) is 5.96. The molecule has 0 bridgehead atoms. The molecule has 0 radical (unpaired) electrons. The lowest BCUT2D eigenvalue weighted by Crippen LogP contribution is -2.14. The number of rotatable bonds is 6. The molecular formula is C14H16BrNOS. The van der Waals surface area contributed by atoms with Crippen LogP contribution in [0.3, 0.4) is 0 Å². The van der Waals surface area contributed by atoms with Gasteiger partial charge < -0.3 is 10.4 Å². The van der Waals surface area contributed by atoms with E-state index < -0.39 is 0 Å². The fourth-order valence-corrected chi connectivity index (χ4v) is 3.06. The van der Waals surface area contributed by atoms with Crippen molar-refractivity contribution in [1.29, 1.82) is 0 Å². The Kier molecular flexibility index (Phi) is 5.38. The van der Waals surface area contributed by atoms with Gasteiger partial charge in [0.25, 0.3) is 0 Å². The highest BCUT2D eigenvalue weighted by molar-refractivity contribution is 9.10. The van der Waals surface area contributed by atoms with Crippen molar-refractivity contribution < 1.29 is 5.11 Å². The molecule has 0 amide bonds. The van der Waals surface area contributed by atoms with Gasteiger partial charge in [-0.15, -0.1) is 11.3 Å². The van der Waals surface area contributed by atoms with Gasteiger partial charge in [-0.2, -0.15) is 0 Å². The van der Waals surface area contributed by atoms with Crippen LogP contribution in [0, 0.1) is 0 Å². The fraction of sp³-hybridized carbons (Fsp3) is 0.286. The Morgan fingerprint density at radius 3 is 2.89 bits per heavy atom. The standard InChI is InChI=1S/C14H16BrNOS/c15-12-4-1-3-11(9-12)14-6-5-13(18-14)10-16-7-2-8-17/h1,3-6,9,16-17H,2,7-8,10H2. The molecule has 2 N–H and O–H groups in total. The Balaban J connectivity index is 1.97. The molecule has 0 fully saturated rings. The minimum absolute atomic E-state index is 0.251. The van der Waals surface area contributed by atoms with E-state index >= 15 is 0 Å². The quantitative estimate of drug-likeness (QED) is 0.794. The Morgan fingerprint density at radius 2 is 2.11 bits per heavy atom. The summed E-state index contributed by atoms with van der Waals surface area (Å²) in [7, 11) is 0. The van der Waals surface area contributed by atoms with Crippen molar-refractivity contribution in [3.8, 4) is 10.4 Å². The highest BCUT2D eigenvalue weighted by Crippen LogP contribution is 2.29. The van der Waals surface area contributed by atoms with Crippen molar-refractivity contribution >= 4 is 27.3 Å². The predicted octanol–water partition coefficient (Wildman–Crippen LogP) is 3.65. The van der Waals surface area contributed by atoms with E-state index in [-0.39, 0.29) is 6.61 Å². The molecular weight excluding hydrogens is 310 g/mol. The molecule has 0 atom stereocenters. The lowest BCUT2D eigenvalue weighted by Gasteiger charge is -2.00. The van der Waals surface area contributed by atoms with E-state index in [0.29, 0.717) is 0 Å². The van der Waals surface area contributed by atoms with Gasteiger partial charge in [-0.25, -0.2) is 0 Å². The summed E-state index contributed by atoms with van der Waals surface area (Å²) in [5.74, 6) is 0. The summed E-state index contributed by atoms with van der Waals surface area (Å²) in [4.78, 5) is 2.61. The lowest BCUT2D eigenvalue weighted by molar-refractivity contribution is 0.286. The zero-order valence-electron chi connectivity index (χ0n) is 10.0. The van der Waals surface area contributed by atoms with E-state index in [9.17, 15) is 0 Å². The highest BCUT2D eigenvalue weighted by atomic mass is 79.9. The number of nitrogens with one attached hydrogen (secondary N) is 1. The minimum Gasteiger partial charge on any atom is -0.396 e. The second-order valence-electron chi connectivity index (χ2n) is 4.03. The van der Waals surface area contributed by atoms with Gasteiger partial charge in [0.1, 0.15) is 0 Å². The monoisotopic (exact) mass is 325 g/mol. The molecule has 0 saturated heterocycles. The summed E-state index contributed by atoms with van der Waals surface area (Å²) in [6.07, 6.45) is 0.809. The van der Waals surface area contributed by atoms with Crippen molar-refractivity contribution in [1.82, 2.24) is 5.32 Å². The number of hydrogen-bond acceptors (Lipinski definition) is 3. The van der Waals surface area contributed by atoms with Gasteiger partial charge in [-0.3, -0.25) is 0 Å². The molecule has 1 heterocycles. The first-order valence-corrected chi connectivity index (χ1v) is 7.57. The molecule has 0 saturated carbocycles. The van der Waals surface area contributed by atoms with Crippen molar-refractivity contribution in [2.24, 2.45) is 0 Å². The number of hydrogen-bond donors (Lipinski definition) is 2. The normalized spacial score (nSPS) is 10.8. The van der Waals surface area contributed by atoms with Gasteiger partial charge in [0.2, 0.25) is 0 Å². The second kappa shape index (κ2) is 7.04. The third kappa shape index (κ3) is 3.92. The van der Waals surface area contributed by atoms with Gasteiger partial charge in [0, 0.05) is 27.4 Å². The van der Waals surface area contributed by atoms with E-state index in [1.54, 1.807) is 11.3 Å². The number of thiophene rings is 1. The average molecular weight is 326 g/mol. The van der Waals surface area contributed by atoms with Crippen LogP contribution in [-0.2, 0) is 6.54 Å². The molecule has 18 heavy (non-hydrogen) atoms. The third-order valence-electron chi connectivity index (χ3n) is 2.58. The maximum atomic E-state index is 8.70. The van der Waals surface area contributed by atoms with Gasteiger partial charge in [-0.05, 0) is 42.8 Å². The number of halogens is 1. The van der Waals surface area contributed by atoms with Gasteiger partial charge in [-0.1, -0.05) is 28.1 Å². The molecule has 2 aromatic rings. The molecule has 1 aromatic heterocycles. The summed E-state index contributed by atoms with van der Waals surface area (Å²) < 4.78 is 1.11. The predicted molar refractivity (Wildman–Crippen MR) is 80.9 cm³/mol. The zero-order valence-corrected chi connectivity index (χ0v) is 12.4. The molecule has 0 unspecified atom stereocenters. The summed E-state index contributed by atoms with van der Waals surface area (Å²) >= 11 is 5.30. The molecule has 0 aliphatic heterocycles. The first kappa shape index (κ1) is 13.7. The Bertz CT molecular complexity index is 498. The highest BCUT2D eigenvalue weighted by Gasteiger charge is 2.03. The number of aliphatic hydroxyl groups excluding tert-OH is 1. The molecule has 4 heteroatoms. The van der Waals surface area contributed by atoms with Crippen LogP contribution in [-0.4, -0.2) is 18.3 Å². The molecule has 2 nitrogen and oxygen atoms in total. The number of aliphatic hydroxyl groups is 1. The Labute approximate surface area is 120 Å². The molecule has 0 spiro atoms. The van der Waals surface area contributed by atoms with Gasteiger partial charge >= 0.3 is 0 Å². The van der Waals surface area contributed by atoms with E-state index in [1.807, 2.05) is 6.07 Å². The average Bonchev–Trinajstić information content (AvgIpc) is 2.83. The van der Waals surface area contributed by atoms with Gasteiger partial charge in [0.05, 0.1) is 0 Å².